The summed E-state index contributed by atoms with van der Waals surface area (Å²) in [6.45, 7) is 7.45. The number of ether oxygens (including phenoxy) is 1. The van der Waals surface area contributed by atoms with E-state index < -0.39 is 17.6 Å². The number of nitrogens with zero attached hydrogens (tertiary/aromatic N) is 3. The van der Waals surface area contributed by atoms with Gasteiger partial charge in [-0.2, -0.15) is 13.2 Å². The molecule has 1 aromatic heterocycles. The van der Waals surface area contributed by atoms with Crippen molar-refractivity contribution in [2.75, 3.05) is 54.5 Å². The summed E-state index contributed by atoms with van der Waals surface area (Å²) in [5, 5.41) is 2.62. The number of aromatic nitrogens is 1. The van der Waals surface area contributed by atoms with Crippen molar-refractivity contribution in [3.05, 3.63) is 83.2 Å². The summed E-state index contributed by atoms with van der Waals surface area (Å²) in [7, 11) is 0. The third kappa shape index (κ3) is 5.20. The Morgan fingerprint density at radius 3 is 2.56 bits per heavy atom. The van der Waals surface area contributed by atoms with Crippen molar-refractivity contribution in [3.63, 3.8) is 0 Å². The molecular weight excluding hydrogens is 505 g/mol. The topological polar surface area (TPSA) is 57.7 Å². The number of aryl methyl sites for hydroxylation is 1. The normalized spacial score (nSPS) is 20.4. The first kappa shape index (κ1) is 25.7. The van der Waals surface area contributed by atoms with E-state index in [0.717, 1.165) is 86.9 Å². The van der Waals surface area contributed by atoms with Gasteiger partial charge in [0.15, 0.2) is 0 Å². The van der Waals surface area contributed by atoms with Gasteiger partial charge in [-0.1, -0.05) is 12.1 Å². The zero-order valence-electron chi connectivity index (χ0n) is 21.8. The number of carbonyl (C=O) groups is 1. The highest BCUT2D eigenvalue weighted by molar-refractivity contribution is 6.04. The van der Waals surface area contributed by atoms with Crippen LogP contribution in [0.2, 0.25) is 0 Å². The summed E-state index contributed by atoms with van der Waals surface area (Å²) >= 11 is 0. The monoisotopic (exact) mass is 536 g/mol. The van der Waals surface area contributed by atoms with Crippen molar-refractivity contribution < 1.29 is 22.7 Å². The first-order chi connectivity index (χ1) is 18.7. The third-order valence-corrected chi connectivity index (χ3v) is 8.31. The number of hydrogen-bond acceptors (Lipinski definition) is 5. The second-order valence-electron chi connectivity index (χ2n) is 11.1. The van der Waals surface area contributed by atoms with E-state index in [1.165, 1.54) is 12.1 Å². The minimum Gasteiger partial charge on any atom is -0.380 e. The van der Waals surface area contributed by atoms with E-state index in [2.05, 4.69) is 26.2 Å². The Labute approximate surface area is 225 Å². The molecule has 3 aliphatic heterocycles. The van der Waals surface area contributed by atoms with E-state index >= 15 is 0 Å². The Hall–Kier alpha value is -3.59. The predicted molar refractivity (Wildman–Crippen MR) is 144 cm³/mol. The van der Waals surface area contributed by atoms with Gasteiger partial charge in [-0.05, 0) is 67.3 Å². The molecule has 204 valence electrons. The summed E-state index contributed by atoms with van der Waals surface area (Å²) in [4.78, 5) is 22.2. The van der Waals surface area contributed by atoms with Crippen LogP contribution in [0.3, 0.4) is 0 Å². The Kier molecular flexibility index (Phi) is 6.49. The number of rotatable bonds is 5. The lowest BCUT2D eigenvalue weighted by molar-refractivity contribution is -0.137. The zero-order chi connectivity index (χ0) is 27.2. The molecule has 39 heavy (non-hydrogen) atoms. The molecule has 6 nitrogen and oxygen atoms in total. The quantitative estimate of drug-likeness (QED) is 0.441. The molecule has 3 saturated heterocycles. The molecule has 4 heterocycles. The third-order valence-electron chi connectivity index (χ3n) is 8.31. The van der Waals surface area contributed by atoms with Gasteiger partial charge in [-0.25, -0.2) is 0 Å². The Morgan fingerprint density at radius 2 is 1.85 bits per heavy atom. The molecule has 1 atom stereocenters. The zero-order valence-corrected chi connectivity index (χ0v) is 21.8. The predicted octanol–water partition coefficient (Wildman–Crippen LogP) is 5.88. The molecule has 2 aromatic carbocycles. The number of pyridine rings is 1. The van der Waals surface area contributed by atoms with Crippen LogP contribution in [-0.2, 0) is 10.9 Å². The first-order valence-corrected chi connectivity index (χ1v) is 13.3. The van der Waals surface area contributed by atoms with Crippen molar-refractivity contribution in [1.29, 1.82) is 0 Å². The van der Waals surface area contributed by atoms with E-state index in [1.54, 1.807) is 6.07 Å². The number of halogens is 3. The van der Waals surface area contributed by atoms with Crippen LogP contribution in [0.4, 0.5) is 30.2 Å². The summed E-state index contributed by atoms with van der Waals surface area (Å²) in [6, 6.07) is 12.4. The van der Waals surface area contributed by atoms with Crippen LogP contribution in [0.5, 0.6) is 0 Å². The molecule has 3 aliphatic rings. The van der Waals surface area contributed by atoms with E-state index in [0.29, 0.717) is 11.0 Å². The lowest BCUT2D eigenvalue weighted by atomic mass is 9.85. The van der Waals surface area contributed by atoms with Crippen LogP contribution in [0.25, 0.3) is 0 Å². The molecule has 6 rings (SSSR count). The Balaban J connectivity index is 1.14. The van der Waals surface area contributed by atoms with Gasteiger partial charge in [-0.3, -0.25) is 9.78 Å². The maximum Gasteiger partial charge on any atom is 0.416 e. The van der Waals surface area contributed by atoms with Crippen LogP contribution < -0.4 is 15.1 Å². The van der Waals surface area contributed by atoms with Crippen LogP contribution in [0, 0.1) is 12.3 Å². The minimum absolute atomic E-state index is 0.116. The van der Waals surface area contributed by atoms with Crippen molar-refractivity contribution in [1.82, 2.24) is 4.98 Å². The number of carbonyl (C=O) groups excluding carboxylic acids is 1. The fourth-order valence-corrected chi connectivity index (χ4v) is 5.99. The number of amides is 1. The van der Waals surface area contributed by atoms with Gasteiger partial charge >= 0.3 is 6.18 Å². The Morgan fingerprint density at radius 1 is 1.05 bits per heavy atom. The summed E-state index contributed by atoms with van der Waals surface area (Å²) in [6.07, 6.45) is 1.47. The molecule has 0 radical (unpaired) electrons. The molecular formula is C30H31F3N4O2. The number of anilines is 3. The van der Waals surface area contributed by atoms with Gasteiger partial charge in [0.05, 0.1) is 42.5 Å². The standard InChI is InChI=1S/C30H31F3N4O2/c1-20-5-6-21(28(38)35-24-4-2-3-23(12-24)30(31,32)33)11-27(20)22-7-9-36(16-22)25-13-26(15-34-14-25)37-10-8-29(17-37)18-39-19-29/h2-6,11-15,22H,7-10,16-19H2,1H3,(H,35,38)/t22-/m1/s1. The van der Waals surface area contributed by atoms with Crippen LogP contribution >= 0.6 is 0 Å². The second-order valence-corrected chi connectivity index (χ2v) is 11.1. The van der Waals surface area contributed by atoms with Crippen molar-refractivity contribution in [2.45, 2.75) is 31.9 Å². The highest BCUT2D eigenvalue weighted by Crippen LogP contribution is 2.40. The molecule has 3 fully saturated rings. The molecule has 0 unspecified atom stereocenters. The maximum absolute atomic E-state index is 13.1. The van der Waals surface area contributed by atoms with Gasteiger partial charge in [0.25, 0.3) is 5.91 Å². The lowest BCUT2D eigenvalue weighted by Gasteiger charge is -2.37. The van der Waals surface area contributed by atoms with Crippen LogP contribution in [0.1, 0.15) is 45.8 Å². The molecule has 0 aliphatic carbocycles. The molecule has 1 amide bonds. The number of hydrogen-bond donors (Lipinski definition) is 1. The minimum atomic E-state index is -4.47. The summed E-state index contributed by atoms with van der Waals surface area (Å²) in [5.41, 5.74) is 4.48. The summed E-state index contributed by atoms with van der Waals surface area (Å²) in [5.74, 6) is -0.195. The number of nitrogens with one attached hydrogen (secondary N) is 1. The highest BCUT2D eigenvalue weighted by atomic mass is 19.4. The van der Waals surface area contributed by atoms with E-state index in [4.69, 9.17) is 4.74 Å². The van der Waals surface area contributed by atoms with Crippen molar-refractivity contribution in [2.24, 2.45) is 5.41 Å². The molecule has 9 heteroatoms. The van der Waals surface area contributed by atoms with E-state index in [1.807, 2.05) is 31.5 Å². The van der Waals surface area contributed by atoms with Crippen LogP contribution in [0.15, 0.2) is 60.9 Å². The molecule has 1 N–H and O–H groups in total. The van der Waals surface area contributed by atoms with Crippen molar-refractivity contribution in [3.8, 4) is 0 Å². The molecule has 0 saturated carbocycles. The summed E-state index contributed by atoms with van der Waals surface area (Å²) < 4.78 is 44.7. The van der Waals surface area contributed by atoms with E-state index in [-0.39, 0.29) is 11.6 Å². The molecule has 3 aromatic rings. The SMILES string of the molecule is Cc1ccc(C(=O)Nc2cccc(C(F)(F)F)c2)cc1[C@@H]1CCN(c2cncc(N3CCC4(COC4)C3)c2)C1. The lowest BCUT2D eigenvalue weighted by Crippen LogP contribution is -2.44. The Bertz CT molecular complexity index is 1390. The average Bonchev–Trinajstić information content (AvgIpc) is 3.57. The first-order valence-electron chi connectivity index (χ1n) is 13.3. The molecule has 0 bridgehead atoms. The second kappa shape index (κ2) is 9.86. The fraction of sp³-hybridized carbons (Fsp3) is 0.400. The smallest absolute Gasteiger partial charge is 0.380 e. The highest BCUT2D eigenvalue weighted by Gasteiger charge is 2.44. The van der Waals surface area contributed by atoms with Gasteiger partial charge in [0.1, 0.15) is 0 Å². The van der Waals surface area contributed by atoms with Gasteiger partial charge < -0.3 is 19.9 Å². The number of benzene rings is 2. The van der Waals surface area contributed by atoms with Crippen molar-refractivity contribution >= 4 is 23.0 Å². The number of alkyl halides is 3. The fourth-order valence-electron chi connectivity index (χ4n) is 5.99. The van der Waals surface area contributed by atoms with Gasteiger partial charge in [0.2, 0.25) is 0 Å². The maximum atomic E-state index is 13.1. The van der Waals surface area contributed by atoms with Gasteiger partial charge in [-0.15, -0.1) is 0 Å². The average molecular weight is 537 g/mol. The largest absolute Gasteiger partial charge is 0.416 e. The molecule has 1 spiro atoms. The van der Waals surface area contributed by atoms with Crippen LogP contribution in [-0.4, -0.2) is 50.3 Å². The van der Waals surface area contributed by atoms with E-state index in [9.17, 15) is 18.0 Å². The van der Waals surface area contributed by atoms with Gasteiger partial charge in [0, 0.05) is 48.8 Å².